The number of aliphatic hydroxyl groups is 1. The standard InChI is InChI=1S/C21H25N5O2S/c1-13-4-7-18(29-13)19(27)20(28)23-15-5-6-17-16(12-15)14(2)22-21(24-17)26-10-8-25(3)9-11-26/h4-7,12,19,27H,8-11H2,1-3H3,(H,23,28). The molecule has 7 nitrogen and oxygen atoms in total. The summed E-state index contributed by atoms with van der Waals surface area (Å²) >= 11 is 1.42. The lowest BCUT2D eigenvalue weighted by atomic mass is 10.1. The van der Waals surface area contributed by atoms with E-state index >= 15 is 0 Å². The van der Waals surface area contributed by atoms with E-state index in [1.54, 1.807) is 6.07 Å². The van der Waals surface area contributed by atoms with Gasteiger partial charge < -0.3 is 20.2 Å². The number of hydrogen-bond donors (Lipinski definition) is 2. The molecular weight excluding hydrogens is 386 g/mol. The number of nitrogens with one attached hydrogen (secondary N) is 1. The SMILES string of the molecule is Cc1ccc(C(O)C(=O)Nc2ccc3nc(N4CCN(C)CC4)nc(C)c3c2)s1. The van der Waals surface area contributed by atoms with Crippen LogP contribution >= 0.6 is 11.3 Å². The fourth-order valence-electron chi connectivity index (χ4n) is 3.43. The zero-order chi connectivity index (χ0) is 20.5. The summed E-state index contributed by atoms with van der Waals surface area (Å²) < 4.78 is 0. The smallest absolute Gasteiger partial charge is 0.258 e. The van der Waals surface area contributed by atoms with Gasteiger partial charge in [-0.05, 0) is 51.2 Å². The van der Waals surface area contributed by atoms with Crippen molar-refractivity contribution in [2.45, 2.75) is 20.0 Å². The number of anilines is 2. The summed E-state index contributed by atoms with van der Waals surface area (Å²) in [6, 6.07) is 9.24. The van der Waals surface area contributed by atoms with Gasteiger partial charge in [-0.25, -0.2) is 9.97 Å². The highest BCUT2D eigenvalue weighted by atomic mass is 32.1. The third-order valence-corrected chi connectivity index (χ3v) is 6.26. The van der Waals surface area contributed by atoms with Crippen molar-refractivity contribution in [1.29, 1.82) is 0 Å². The van der Waals surface area contributed by atoms with Crippen molar-refractivity contribution in [2.75, 3.05) is 43.4 Å². The topological polar surface area (TPSA) is 81.6 Å². The van der Waals surface area contributed by atoms with Crippen LogP contribution in [0.3, 0.4) is 0 Å². The minimum Gasteiger partial charge on any atom is -0.378 e. The monoisotopic (exact) mass is 411 g/mol. The molecule has 1 aliphatic heterocycles. The van der Waals surface area contributed by atoms with E-state index in [1.807, 2.05) is 38.1 Å². The number of aryl methyl sites for hydroxylation is 2. The molecule has 2 N–H and O–H groups in total. The van der Waals surface area contributed by atoms with Gasteiger partial charge in [0.05, 0.1) is 11.2 Å². The normalized spacial score (nSPS) is 16.2. The molecule has 1 saturated heterocycles. The molecule has 0 radical (unpaired) electrons. The van der Waals surface area contributed by atoms with E-state index in [1.165, 1.54) is 11.3 Å². The summed E-state index contributed by atoms with van der Waals surface area (Å²) in [7, 11) is 2.12. The number of carbonyl (C=O) groups is 1. The number of piperazine rings is 1. The van der Waals surface area contributed by atoms with E-state index in [4.69, 9.17) is 9.97 Å². The molecule has 4 rings (SSSR count). The summed E-state index contributed by atoms with van der Waals surface area (Å²) in [6.45, 7) is 7.72. The lowest BCUT2D eigenvalue weighted by Crippen LogP contribution is -2.45. The van der Waals surface area contributed by atoms with Gasteiger partial charge in [0, 0.05) is 47.0 Å². The van der Waals surface area contributed by atoms with Crippen LogP contribution in [0.15, 0.2) is 30.3 Å². The second kappa shape index (κ2) is 8.06. The van der Waals surface area contributed by atoms with Gasteiger partial charge in [0.25, 0.3) is 5.91 Å². The van der Waals surface area contributed by atoms with Crippen molar-refractivity contribution in [1.82, 2.24) is 14.9 Å². The van der Waals surface area contributed by atoms with Crippen LogP contribution in [0.4, 0.5) is 11.6 Å². The number of amides is 1. The number of aliphatic hydroxyl groups excluding tert-OH is 1. The fourth-order valence-corrected chi connectivity index (χ4v) is 4.29. The molecule has 29 heavy (non-hydrogen) atoms. The lowest BCUT2D eigenvalue weighted by molar-refractivity contribution is -0.124. The molecule has 2 aromatic heterocycles. The number of nitrogens with zero attached hydrogens (tertiary/aromatic N) is 4. The predicted octanol–water partition coefficient (Wildman–Crippen LogP) is 2.73. The van der Waals surface area contributed by atoms with Gasteiger partial charge in [0.1, 0.15) is 0 Å². The first kappa shape index (κ1) is 19.8. The molecule has 8 heteroatoms. The molecule has 1 atom stereocenters. The lowest BCUT2D eigenvalue weighted by Gasteiger charge is -2.32. The van der Waals surface area contributed by atoms with E-state index in [0.717, 1.165) is 53.6 Å². The Morgan fingerprint density at radius 3 is 2.59 bits per heavy atom. The Hall–Kier alpha value is -2.55. The molecule has 152 valence electrons. The van der Waals surface area contributed by atoms with Gasteiger partial charge in [0.15, 0.2) is 6.10 Å². The first-order valence-corrected chi connectivity index (χ1v) is 10.5. The Balaban J connectivity index is 1.54. The van der Waals surface area contributed by atoms with Crippen LogP contribution in [0.1, 0.15) is 21.6 Å². The molecule has 1 aliphatic rings. The third kappa shape index (κ3) is 4.24. The average Bonchev–Trinajstić information content (AvgIpc) is 3.14. The highest BCUT2D eigenvalue weighted by Gasteiger charge is 2.20. The number of rotatable bonds is 4. The zero-order valence-electron chi connectivity index (χ0n) is 16.8. The minimum atomic E-state index is -1.18. The fraction of sp³-hybridized carbons (Fsp3) is 0.381. The number of likely N-dealkylation sites (N-methyl/N-ethyl adjacent to an activating group) is 1. The van der Waals surface area contributed by atoms with E-state index < -0.39 is 12.0 Å². The van der Waals surface area contributed by atoms with Crippen LogP contribution in [-0.4, -0.2) is 59.1 Å². The first-order valence-electron chi connectivity index (χ1n) is 9.68. The molecule has 1 unspecified atom stereocenters. The quantitative estimate of drug-likeness (QED) is 0.687. The van der Waals surface area contributed by atoms with Crippen molar-refractivity contribution in [3.63, 3.8) is 0 Å². The number of benzene rings is 1. The number of carbonyl (C=O) groups excluding carboxylic acids is 1. The maximum atomic E-state index is 12.4. The molecule has 1 amide bonds. The van der Waals surface area contributed by atoms with Crippen LogP contribution in [0.5, 0.6) is 0 Å². The molecule has 3 heterocycles. The summed E-state index contributed by atoms with van der Waals surface area (Å²) in [5, 5.41) is 14.0. The maximum Gasteiger partial charge on any atom is 0.258 e. The molecule has 0 aliphatic carbocycles. The van der Waals surface area contributed by atoms with Crippen molar-refractivity contribution in [3.8, 4) is 0 Å². The van der Waals surface area contributed by atoms with Crippen molar-refractivity contribution in [2.24, 2.45) is 0 Å². The highest BCUT2D eigenvalue weighted by molar-refractivity contribution is 7.12. The van der Waals surface area contributed by atoms with Crippen LogP contribution < -0.4 is 10.2 Å². The van der Waals surface area contributed by atoms with E-state index in [0.29, 0.717) is 10.6 Å². The number of aromatic nitrogens is 2. The molecule has 0 bridgehead atoms. The molecule has 0 saturated carbocycles. The largest absolute Gasteiger partial charge is 0.378 e. The second-order valence-corrected chi connectivity index (χ2v) is 8.79. The average molecular weight is 412 g/mol. The highest BCUT2D eigenvalue weighted by Crippen LogP contribution is 2.26. The maximum absolute atomic E-state index is 12.4. The van der Waals surface area contributed by atoms with Gasteiger partial charge in [-0.3, -0.25) is 4.79 Å². The Morgan fingerprint density at radius 1 is 1.14 bits per heavy atom. The second-order valence-electron chi connectivity index (χ2n) is 7.47. The Morgan fingerprint density at radius 2 is 1.90 bits per heavy atom. The van der Waals surface area contributed by atoms with E-state index in [2.05, 4.69) is 22.2 Å². The summed E-state index contributed by atoms with van der Waals surface area (Å²) in [4.78, 5) is 28.1. The van der Waals surface area contributed by atoms with Gasteiger partial charge >= 0.3 is 0 Å². The predicted molar refractivity (Wildman–Crippen MR) is 117 cm³/mol. The first-order chi connectivity index (χ1) is 13.9. The Bertz CT molecular complexity index is 1040. The van der Waals surface area contributed by atoms with Crippen LogP contribution in [-0.2, 0) is 4.79 Å². The minimum absolute atomic E-state index is 0.446. The summed E-state index contributed by atoms with van der Waals surface area (Å²) in [5.74, 6) is 0.308. The number of hydrogen-bond acceptors (Lipinski definition) is 7. The van der Waals surface area contributed by atoms with Gasteiger partial charge in [-0.2, -0.15) is 0 Å². The molecule has 1 fully saturated rings. The van der Waals surface area contributed by atoms with Crippen LogP contribution in [0, 0.1) is 13.8 Å². The van der Waals surface area contributed by atoms with Crippen LogP contribution in [0.2, 0.25) is 0 Å². The van der Waals surface area contributed by atoms with Gasteiger partial charge in [-0.1, -0.05) is 0 Å². The molecule has 0 spiro atoms. The summed E-state index contributed by atoms with van der Waals surface area (Å²) in [5.41, 5.74) is 2.34. The number of fused-ring (bicyclic) bond motifs is 1. The Kier molecular flexibility index (Phi) is 5.49. The van der Waals surface area contributed by atoms with E-state index in [9.17, 15) is 9.90 Å². The van der Waals surface area contributed by atoms with E-state index in [-0.39, 0.29) is 0 Å². The van der Waals surface area contributed by atoms with Crippen molar-refractivity contribution < 1.29 is 9.90 Å². The zero-order valence-corrected chi connectivity index (χ0v) is 17.7. The molecule has 3 aromatic rings. The summed E-state index contributed by atoms with van der Waals surface area (Å²) in [6.07, 6.45) is -1.18. The third-order valence-electron chi connectivity index (χ3n) is 5.21. The Labute approximate surface area is 174 Å². The van der Waals surface area contributed by atoms with Crippen LogP contribution in [0.25, 0.3) is 10.9 Å². The van der Waals surface area contributed by atoms with Crippen molar-refractivity contribution >= 4 is 39.8 Å². The van der Waals surface area contributed by atoms with Crippen molar-refractivity contribution in [3.05, 3.63) is 45.8 Å². The van der Waals surface area contributed by atoms with Gasteiger partial charge in [0.2, 0.25) is 5.95 Å². The number of thiophene rings is 1. The molecular formula is C21H25N5O2S. The van der Waals surface area contributed by atoms with Gasteiger partial charge in [-0.15, -0.1) is 11.3 Å². The molecule has 1 aromatic carbocycles.